The fourth-order valence-corrected chi connectivity index (χ4v) is 3.85. The molecule has 2 nitrogen and oxygen atoms in total. The first-order chi connectivity index (χ1) is 9.08. The number of hydrogen-bond acceptors (Lipinski definition) is 2. The lowest BCUT2D eigenvalue weighted by Gasteiger charge is -2.17. The molecule has 0 saturated carbocycles. The predicted molar refractivity (Wildman–Crippen MR) is 84.7 cm³/mol. The fraction of sp³-hybridized carbons (Fsp3) is 0.571. The third kappa shape index (κ3) is 5.82. The van der Waals surface area contributed by atoms with Crippen molar-refractivity contribution < 1.29 is 4.21 Å². The zero-order chi connectivity index (χ0) is 14.3. The second-order valence-corrected chi connectivity index (χ2v) is 6.83. The Kier molecular flexibility index (Phi) is 8.00. The summed E-state index contributed by atoms with van der Waals surface area (Å²) >= 11 is 12.0. The smallest absolute Gasteiger partial charge is 0.0589 e. The van der Waals surface area contributed by atoms with Crippen LogP contribution in [0.5, 0.6) is 0 Å². The molecule has 0 spiro atoms. The van der Waals surface area contributed by atoms with Gasteiger partial charge < -0.3 is 5.32 Å². The summed E-state index contributed by atoms with van der Waals surface area (Å²) < 4.78 is 12.4. The summed E-state index contributed by atoms with van der Waals surface area (Å²) in [6, 6.07) is 5.37. The van der Waals surface area contributed by atoms with Gasteiger partial charge in [-0.2, -0.15) is 0 Å². The molecule has 2 unspecified atom stereocenters. The van der Waals surface area contributed by atoms with Gasteiger partial charge in [-0.05, 0) is 37.6 Å². The van der Waals surface area contributed by atoms with Gasteiger partial charge >= 0.3 is 0 Å². The van der Waals surface area contributed by atoms with Crippen LogP contribution in [0, 0.1) is 0 Å². The van der Waals surface area contributed by atoms with Gasteiger partial charge in [0.1, 0.15) is 0 Å². The molecule has 0 aromatic heterocycles. The molecule has 0 fully saturated rings. The molecule has 1 aromatic carbocycles. The zero-order valence-electron chi connectivity index (χ0n) is 11.4. The molecule has 0 bridgehead atoms. The van der Waals surface area contributed by atoms with Crippen LogP contribution in [0.2, 0.25) is 10.0 Å². The molecule has 1 N–H and O–H groups in total. The zero-order valence-corrected chi connectivity index (χ0v) is 13.7. The monoisotopic (exact) mass is 321 g/mol. The molecule has 0 aliphatic carbocycles. The molecule has 5 heteroatoms. The van der Waals surface area contributed by atoms with Crippen molar-refractivity contribution in [2.45, 2.75) is 44.0 Å². The van der Waals surface area contributed by atoms with E-state index in [9.17, 15) is 4.21 Å². The Hall–Kier alpha value is -0.0900. The lowest BCUT2D eigenvalue weighted by molar-refractivity contribution is 0.510. The van der Waals surface area contributed by atoms with Gasteiger partial charge in [-0.1, -0.05) is 43.5 Å². The van der Waals surface area contributed by atoms with Crippen LogP contribution in [-0.2, 0) is 10.8 Å². The van der Waals surface area contributed by atoms with Crippen LogP contribution >= 0.6 is 23.2 Å². The third-order valence-electron chi connectivity index (χ3n) is 2.81. The maximum absolute atomic E-state index is 12.4. The Labute approximate surface area is 128 Å². The van der Waals surface area contributed by atoms with Crippen molar-refractivity contribution in [3.05, 3.63) is 28.2 Å². The number of benzene rings is 1. The molecule has 0 aliphatic rings. The second kappa shape index (κ2) is 8.96. The van der Waals surface area contributed by atoms with Crippen LogP contribution in [-0.4, -0.2) is 22.5 Å². The standard InChI is InChI=1S/C14H21Cl2NOS/c1-3-5-12(17-8-4-2)10-19(18)14-9-11(15)6-7-13(14)16/h6-7,9,12,17H,3-5,8,10H2,1-2H3. The molecule has 108 valence electrons. The van der Waals surface area contributed by atoms with Gasteiger partial charge in [-0.25, -0.2) is 0 Å². The van der Waals surface area contributed by atoms with E-state index in [1.54, 1.807) is 18.2 Å². The first kappa shape index (κ1) is 17.0. The Balaban J connectivity index is 2.72. The first-order valence-electron chi connectivity index (χ1n) is 6.65. The minimum absolute atomic E-state index is 0.265. The van der Waals surface area contributed by atoms with Gasteiger partial charge in [0.15, 0.2) is 0 Å². The van der Waals surface area contributed by atoms with Crippen LogP contribution in [0.3, 0.4) is 0 Å². The minimum Gasteiger partial charge on any atom is -0.313 e. The molecular weight excluding hydrogens is 301 g/mol. The van der Waals surface area contributed by atoms with E-state index in [1.165, 1.54) is 0 Å². The molecule has 0 heterocycles. The minimum atomic E-state index is -1.12. The van der Waals surface area contributed by atoms with Gasteiger partial charge in [0, 0.05) is 16.8 Å². The summed E-state index contributed by atoms with van der Waals surface area (Å²) in [5.41, 5.74) is 0. The first-order valence-corrected chi connectivity index (χ1v) is 8.72. The van der Waals surface area contributed by atoms with E-state index >= 15 is 0 Å². The van der Waals surface area contributed by atoms with Gasteiger partial charge in [-0.15, -0.1) is 0 Å². The van der Waals surface area contributed by atoms with Crippen LogP contribution in [0.15, 0.2) is 23.1 Å². The summed E-state index contributed by atoms with van der Waals surface area (Å²) in [5, 5.41) is 4.53. The van der Waals surface area contributed by atoms with Crippen molar-refractivity contribution >= 4 is 34.0 Å². The van der Waals surface area contributed by atoms with Crippen molar-refractivity contribution in [1.82, 2.24) is 5.32 Å². The largest absolute Gasteiger partial charge is 0.313 e. The second-order valence-electron chi connectivity index (χ2n) is 4.53. The van der Waals surface area contributed by atoms with Gasteiger partial charge in [0.05, 0.1) is 20.7 Å². The molecule has 2 atom stereocenters. The van der Waals surface area contributed by atoms with Crippen molar-refractivity contribution in [2.24, 2.45) is 0 Å². The molecule has 0 radical (unpaired) electrons. The topological polar surface area (TPSA) is 29.1 Å². The normalized spacial score (nSPS) is 14.3. The summed E-state index contributed by atoms with van der Waals surface area (Å²) in [5.74, 6) is 0.577. The highest BCUT2D eigenvalue weighted by atomic mass is 35.5. The number of nitrogens with one attached hydrogen (secondary N) is 1. The number of rotatable bonds is 8. The van der Waals surface area contributed by atoms with Crippen LogP contribution in [0.25, 0.3) is 0 Å². The maximum atomic E-state index is 12.4. The predicted octanol–water partition coefficient (Wildman–Crippen LogP) is 4.27. The molecule has 0 amide bonds. The Morgan fingerprint density at radius 1 is 1.26 bits per heavy atom. The average Bonchev–Trinajstić information content (AvgIpc) is 2.39. The molecule has 1 rings (SSSR count). The van der Waals surface area contributed by atoms with E-state index in [0.29, 0.717) is 20.7 Å². The Bertz CT molecular complexity index is 426. The van der Waals surface area contributed by atoms with Gasteiger partial charge in [-0.3, -0.25) is 4.21 Å². The van der Waals surface area contributed by atoms with Gasteiger partial charge in [0.25, 0.3) is 0 Å². The van der Waals surface area contributed by atoms with Crippen molar-refractivity contribution in [3.8, 4) is 0 Å². The lowest BCUT2D eigenvalue weighted by Crippen LogP contribution is -2.34. The molecule has 1 aromatic rings. The van der Waals surface area contributed by atoms with E-state index in [2.05, 4.69) is 19.2 Å². The van der Waals surface area contributed by atoms with Crippen LogP contribution < -0.4 is 5.32 Å². The Morgan fingerprint density at radius 3 is 2.63 bits per heavy atom. The highest BCUT2D eigenvalue weighted by molar-refractivity contribution is 7.85. The summed E-state index contributed by atoms with van der Waals surface area (Å²) in [6.07, 6.45) is 3.16. The molecule has 0 aliphatic heterocycles. The van der Waals surface area contributed by atoms with Crippen molar-refractivity contribution in [3.63, 3.8) is 0 Å². The molecule has 19 heavy (non-hydrogen) atoms. The number of hydrogen-bond donors (Lipinski definition) is 1. The summed E-state index contributed by atoms with van der Waals surface area (Å²) in [4.78, 5) is 0.633. The third-order valence-corrected chi connectivity index (χ3v) is 5.02. The van der Waals surface area contributed by atoms with E-state index in [4.69, 9.17) is 23.2 Å². The lowest BCUT2D eigenvalue weighted by atomic mass is 10.2. The highest BCUT2D eigenvalue weighted by Gasteiger charge is 2.15. The van der Waals surface area contributed by atoms with Crippen molar-refractivity contribution in [2.75, 3.05) is 12.3 Å². The maximum Gasteiger partial charge on any atom is 0.0589 e. The van der Waals surface area contributed by atoms with E-state index in [0.717, 1.165) is 25.8 Å². The number of halogens is 2. The van der Waals surface area contributed by atoms with Crippen LogP contribution in [0.1, 0.15) is 33.1 Å². The molecular formula is C14H21Cl2NOS. The Morgan fingerprint density at radius 2 is 2.00 bits per heavy atom. The highest BCUT2D eigenvalue weighted by Crippen LogP contribution is 2.24. The fourth-order valence-electron chi connectivity index (χ4n) is 1.87. The quantitative estimate of drug-likeness (QED) is 0.774. The average molecular weight is 322 g/mol. The van der Waals surface area contributed by atoms with E-state index < -0.39 is 10.8 Å². The SMILES string of the molecule is CCCNC(CCC)CS(=O)c1cc(Cl)ccc1Cl. The van der Waals surface area contributed by atoms with Gasteiger partial charge in [0.2, 0.25) is 0 Å². The van der Waals surface area contributed by atoms with E-state index in [1.807, 2.05) is 0 Å². The molecule has 0 saturated heterocycles. The van der Waals surface area contributed by atoms with Crippen LogP contribution in [0.4, 0.5) is 0 Å². The summed E-state index contributed by atoms with van der Waals surface area (Å²) in [7, 11) is -1.12. The van der Waals surface area contributed by atoms with Crippen molar-refractivity contribution in [1.29, 1.82) is 0 Å². The summed E-state index contributed by atoms with van der Waals surface area (Å²) in [6.45, 7) is 5.21. The van der Waals surface area contributed by atoms with E-state index in [-0.39, 0.29) is 6.04 Å².